The van der Waals surface area contributed by atoms with Gasteiger partial charge in [0.15, 0.2) is 5.69 Å². The highest BCUT2D eigenvalue weighted by atomic mass is 16.5. The molecule has 6 nitrogen and oxygen atoms in total. The van der Waals surface area contributed by atoms with Gasteiger partial charge in [-0.1, -0.05) is 26.0 Å². The number of carbonyl (C=O) groups is 1. The summed E-state index contributed by atoms with van der Waals surface area (Å²) in [5.74, 6) is 1.80. The summed E-state index contributed by atoms with van der Waals surface area (Å²) in [6.07, 6.45) is 1.46. The Labute approximate surface area is 168 Å². The fraction of sp³-hybridized carbons (Fsp3) is 0.545. The van der Waals surface area contributed by atoms with E-state index < -0.39 is 0 Å². The maximum absolute atomic E-state index is 12.3. The maximum atomic E-state index is 12.3. The van der Waals surface area contributed by atoms with Crippen molar-refractivity contribution in [3.63, 3.8) is 0 Å². The van der Waals surface area contributed by atoms with Gasteiger partial charge in [0.05, 0.1) is 13.2 Å². The standard InChI is InChI=1S/C22H33N3O3/c1-7-24(6)22(26)20-15-28-21(23-20)14-25(17(5)16(3)4)13-18-9-11-19(12-10-18)27-8-2/h9-12,15-17H,7-8,13-14H2,1-6H3/t17-/m0/s1. The van der Waals surface area contributed by atoms with Crippen molar-refractivity contribution in [2.45, 2.75) is 53.8 Å². The van der Waals surface area contributed by atoms with Crippen LogP contribution < -0.4 is 4.74 Å². The van der Waals surface area contributed by atoms with Gasteiger partial charge in [0, 0.05) is 26.2 Å². The number of rotatable bonds is 10. The number of aromatic nitrogens is 1. The van der Waals surface area contributed by atoms with E-state index >= 15 is 0 Å². The van der Waals surface area contributed by atoms with Crippen LogP contribution in [-0.4, -0.2) is 46.9 Å². The molecule has 6 heteroatoms. The molecule has 0 unspecified atom stereocenters. The van der Waals surface area contributed by atoms with E-state index in [1.807, 2.05) is 26.0 Å². The predicted molar refractivity (Wildman–Crippen MR) is 110 cm³/mol. The minimum Gasteiger partial charge on any atom is -0.494 e. The zero-order valence-corrected chi connectivity index (χ0v) is 17.9. The van der Waals surface area contributed by atoms with E-state index in [-0.39, 0.29) is 5.91 Å². The van der Waals surface area contributed by atoms with Gasteiger partial charge in [-0.05, 0) is 44.4 Å². The number of hydrogen-bond acceptors (Lipinski definition) is 5. The van der Waals surface area contributed by atoms with Crippen LogP contribution >= 0.6 is 0 Å². The van der Waals surface area contributed by atoms with Gasteiger partial charge in [-0.15, -0.1) is 0 Å². The number of benzene rings is 1. The second-order valence-electron chi connectivity index (χ2n) is 7.41. The molecular weight excluding hydrogens is 354 g/mol. The molecule has 0 N–H and O–H groups in total. The molecule has 1 aromatic carbocycles. The van der Waals surface area contributed by atoms with Crippen LogP contribution in [0.5, 0.6) is 5.75 Å². The molecule has 0 aliphatic heterocycles. The zero-order valence-electron chi connectivity index (χ0n) is 17.9. The third-order valence-corrected chi connectivity index (χ3v) is 5.09. The van der Waals surface area contributed by atoms with Crippen LogP contribution in [0.25, 0.3) is 0 Å². The van der Waals surface area contributed by atoms with Crippen LogP contribution in [0.2, 0.25) is 0 Å². The number of ether oxygens (including phenoxy) is 1. The summed E-state index contributed by atoms with van der Waals surface area (Å²) in [4.78, 5) is 20.6. The van der Waals surface area contributed by atoms with Gasteiger partial charge in [-0.25, -0.2) is 4.98 Å². The first-order valence-electron chi connectivity index (χ1n) is 10.0. The van der Waals surface area contributed by atoms with Crippen molar-refractivity contribution < 1.29 is 13.9 Å². The average Bonchev–Trinajstić information content (AvgIpc) is 3.15. The Bertz CT molecular complexity index is 740. The average molecular weight is 388 g/mol. The lowest BCUT2D eigenvalue weighted by atomic mass is 10.0. The van der Waals surface area contributed by atoms with Crippen LogP contribution in [0.4, 0.5) is 0 Å². The Hall–Kier alpha value is -2.34. The number of amides is 1. The monoisotopic (exact) mass is 387 g/mol. The first-order chi connectivity index (χ1) is 13.3. The minimum absolute atomic E-state index is 0.118. The van der Waals surface area contributed by atoms with Crippen molar-refractivity contribution in [2.24, 2.45) is 5.92 Å². The van der Waals surface area contributed by atoms with Crippen molar-refractivity contribution in [1.82, 2.24) is 14.8 Å². The zero-order chi connectivity index (χ0) is 20.7. The van der Waals surface area contributed by atoms with Crippen molar-refractivity contribution in [2.75, 3.05) is 20.2 Å². The molecule has 154 valence electrons. The predicted octanol–water partition coefficient (Wildman–Crippen LogP) is 4.21. The molecule has 0 fully saturated rings. The van der Waals surface area contributed by atoms with Gasteiger partial charge >= 0.3 is 0 Å². The molecule has 1 atom stereocenters. The van der Waals surface area contributed by atoms with E-state index in [4.69, 9.17) is 9.15 Å². The van der Waals surface area contributed by atoms with Gasteiger partial charge in [0.2, 0.25) is 5.89 Å². The second kappa shape index (κ2) is 10.3. The highest BCUT2D eigenvalue weighted by Gasteiger charge is 2.22. The van der Waals surface area contributed by atoms with Crippen LogP contribution in [0.15, 0.2) is 34.9 Å². The largest absolute Gasteiger partial charge is 0.494 e. The van der Waals surface area contributed by atoms with Gasteiger partial charge in [-0.2, -0.15) is 0 Å². The summed E-state index contributed by atoms with van der Waals surface area (Å²) >= 11 is 0. The third kappa shape index (κ3) is 5.83. The Balaban J connectivity index is 2.13. The van der Waals surface area contributed by atoms with E-state index in [9.17, 15) is 4.79 Å². The lowest BCUT2D eigenvalue weighted by molar-refractivity contribution is 0.0796. The minimum atomic E-state index is -0.118. The molecule has 0 spiro atoms. The summed E-state index contributed by atoms with van der Waals surface area (Å²) < 4.78 is 11.1. The number of carbonyl (C=O) groups excluding carboxylic acids is 1. The Kier molecular flexibility index (Phi) is 8.05. The van der Waals surface area contributed by atoms with Crippen molar-refractivity contribution in [3.05, 3.63) is 47.7 Å². The molecule has 0 radical (unpaired) electrons. The first kappa shape index (κ1) is 22.0. The molecule has 0 saturated carbocycles. The fourth-order valence-electron chi connectivity index (χ4n) is 2.85. The van der Waals surface area contributed by atoms with Crippen LogP contribution in [0.3, 0.4) is 0 Å². The topological polar surface area (TPSA) is 58.8 Å². The molecule has 1 heterocycles. The normalized spacial score (nSPS) is 12.4. The van der Waals surface area contributed by atoms with E-state index in [0.29, 0.717) is 43.2 Å². The van der Waals surface area contributed by atoms with Crippen LogP contribution in [0.1, 0.15) is 56.6 Å². The quantitative estimate of drug-likeness (QED) is 0.611. The second-order valence-corrected chi connectivity index (χ2v) is 7.41. The molecule has 2 aromatic rings. The molecule has 2 rings (SSSR count). The summed E-state index contributed by atoms with van der Waals surface area (Å²) in [6, 6.07) is 8.51. The molecule has 0 aliphatic rings. The van der Waals surface area contributed by atoms with E-state index in [2.05, 4.69) is 42.8 Å². The smallest absolute Gasteiger partial charge is 0.275 e. The summed E-state index contributed by atoms with van der Waals surface area (Å²) in [7, 11) is 1.76. The lowest BCUT2D eigenvalue weighted by Crippen LogP contribution is -2.36. The Morgan fingerprint density at radius 2 is 1.82 bits per heavy atom. The van der Waals surface area contributed by atoms with Crippen molar-refractivity contribution >= 4 is 5.91 Å². The number of hydrogen-bond donors (Lipinski definition) is 0. The third-order valence-electron chi connectivity index (χ3n) is 5.09. The Morgan fingerprint density at radius 1 is 1.14 bits per heavy atom. The van der Waals surface area contributed by atoms with Crippen LogP contribution in [0, 0.1) is 5.92 Å². The lowest BCUT2D eigenvalue weighted by Gasteiger charge is -2.30. The highest BCUT2D eigenvalue weighted by Crippen LogP contribution is 2.20. The SMILES string of the molecule is CCOc1ccc(CN(Cc2nc(C(=O)N(C)CC)co2)[C@@H](C)C(C)C)cc1. The number of oxazole rings is 1. The van der Waals surface area contributed by atoms with Crippen LogP contribution in [-0.2, 0) is 13.1 Å². The van der Waals surface area contributed by atoms with E-state index in [1.165, 1.54) is 11.8 Å². The summed E-state index contributed by atoms with van der Waals surface area (Å²) in [6.45, 7) is 13.1. The number of nitrogens with zero attached hydrogens (tertiary/aromatic N) is 3. The van der Waals surface area contributed by atoms with Crippen molar-refractivity contribution in [1.29, 1.82) is 0 Å². The Morgan fingerprint density at radius 3 is 2.39 bits per heavy atom. The molecule has 0 saturated heterocycles. The molecule has 0 bridgehead atoms. The molecule has 0 aliphatic carbocycles. The van der Waals surface area contributed by atoms with E-state index in [1.54, 1.807) is 11.9 Å². The maximum Gasteiger partial charge on any atom is 0.275 e. The molecular formula is C22H33N3O3. The molecule has 28 heavy (non-hydrogen) atoms. The highest BCUT2D eigenvalue weighted by molar-refractivity contribution is 5.91. The van der Waals surface area contributed by atoms with Gasteiger partial charge in [0.25, 0.3) is 5.91 Å². The first-order valence-corrected chi connectivity index (χ1v) is 10.0. The summed E-state index contributed by atoms with van der Waals surface area (Å²) in [5, 5.41) is 0. The van der Waals surface area contributed by atoms with E-state index in [0.717, 1.165) is 12.3 Å². The molecule has 1 amide bonds. The van der Waals surface area contributed by atoms with Crippen molar-refractivity contribution in [3.8, 4) is 5.75 Å². The van der Waals surface area contributed by atoms with Gasteiger partial charge in [0.1, 0.15) is 12.0 Å². The summed E-state index contributed by atoms with van der Waals surface area (Å²) in [5.41, 5.74) is 1.56. The fourth-order valence-corrected chi connectivity index (χ4v) is 2.85. The van der Waals surface area contributed by atoms with Gasteiger partial charge < -0.3 is 14.1 Å². The molecule has 1 aromatic heterocycles. The van der Waals surface area contributed by atoms with Gasteiger partial charge in [-0.3, -0.25) is 9.69 Å².